The molecule has 0 fully saturated rings. The van der Waals surface area contributed by atoms with Gasteiger partial charge in [0, 0.05) is 26.1 Å². The number of hydrogen-bond donors (Lipinski definition) is 4. The molecule has 0 spiro atoms. The number of carbonyl (C=O) groups is 2. The van der Waals surface area contributed by atoms with Gasteiger partial charge in [0.05, 0.1) is 0 Å². The molecule has 0 aliphatic heterocycles. The van der Waals surface area contributed by atoms with Crippen molar-refractivity contribution in [3.63, 3.8) is 0 Å². The van der Waals surface area contributed by atoms with E-state index in [4.69, 9.17) is 20.4 Å². The third kappa shape index (κ3) is 34.4. The van der Waals surface area contributed by atoms with Gasteiger partial charge in [0.2, 0.25) is 0 Å². The Kier molecular flexibility index (Phi) is 28.8. The number of aliphatic hydroxyl groups excluding tert-OH is 2. The number of rotatable bonds is 22. The zero-order valence-corrected chi connectivity index (χ0v) is 19.2. The van der Waals surface area contributed by atoms with Crippen molar-refractivity contribution in [3.8, 4) is 0 Å². The largest absolute Gasteiger partial charge is 0.481 e. The van der Waals surface area contributed by atoms with Crippen LogP contribution in [0.5, 0.6) is 0 Å². The zero-order valence-electron chi connectivity index (χ0n) is 19.2. The Morgan fingerprint density at radius 2 is 0.567 bits per heavy atom. The van der Waals surface area contributed by atoms with Gasteiger partial charge >= 0.3 is 11.9 Å². The van der Waals surface area contributed by atoms with Gasteiger partial charge in [0.1, 0.15) is 0 Å². The van der Waals surface area contributed by atoms with Crippen LogP contribution in [0.3, 0.4) is 0 Å². The minimum absolute atomic E-state index is 0.0628. The summed E-state index contributed by atoms with van der Waals surface area (Å²) in [4.78, 5) is 19.8. The second-order valence-electron chi connectivity index (χ2n) is 8.10. The number of unbranched alkanes of at least 4 members (excludes halogenated alkanes) is 16. The van der Waals surface area contributed by atoms with Crippen molar-refractivity contribution in [2.45, 2.75) is 128 Å². The molecule has 0 bridgehead atoms. The SMILES string of the molecule is O=C(O)CCCCC(=O)O.OCCCCCCCCCCCCCCCCCCO. The molecule has 0 aliphatic rings. The molecule has 0 saturated heterocycles. The number of hydrogen-bond acceptors (Lipinski definition) is 4. The van der Waals surface area contributed by atoms with Crippen molar-refractivity contribution in [1.29, 1.82) is 0 Å². The molecule has 0 unspecified atom stereocenters. The molecule has 180 valence electrons. The maximum atomic E-state index is 9.90. The van der Waals surface area contributed by atoms with Crippen LogP contribution >= 0.6 is 0 Å². The summed E-state index contributed by atoms with van der Waals surface area (Å²) < 4.78 is 0. The second-order valence-corrected chi connectivity index (χ2v) is 8.10. The summed E-state index contributed by atoms with van der Waals surface area (Å²) >= 11 is 0. The van der Waals surface area contributed by atoms with Crippen LogP contribution in [0.25, 0.3) is 0 Å². The number of aliphatic carboxylic acids is 2. The summed E-state index contributed by atoms with van der Waals surface area (Å²) in [5.41, 5.74) is 0. The summed E-state index contributed by atoms with van der Waals surface area (Å²) in [5.74, 6) is -1.74. The monoisotopic (exact) mass is 432 g/mol. The molecule has 0 rings (SSSR count). The van der Waals surface area contributed by atoms with Gasteiger partial charge in [-0.05, 0) is 25.7 Å². The predicted molar refractivity (Wildman–Crippen MR) is 122 cm³/mol. The highest BCUT2D eigenvalue weighted by Crippen LogP contribution is 2.13. The Bertz CT molecular complexity index is 326. The van der Waals surface area contributed by atoms with Gasteiger partial charge in [-0.3, -0.25) is 9.59 Å². The molecule has 4 N–H and O–H groups in total. The molecule has 30 heavy (non-hydrogen) atoms. The van der Waals surface area contributed by atoms with Gasteiger partial charge in [0.15, 0.2) is 0 Å². The first-order chi connectivity index (χ1) is 14.5. The molecular weight excluding hydrogens is 384 g/mol. The van der Waals surface area contributed by atoms with Crippen LogP contribution in [0.1, 0.15) is 128 Å². The van der Waals surface area contributed by atoms with E-state index in [9.17, 15) is 9.59 Å². The van der Waals surface area contributed by atoms with Gasteiger partial charge in [0.25, 0.3) is 0 Å². The van der Waals surface area contributed by atoms with E-state index in [1.165, 1.54) is 89.9 Å². The van der Waals surface area contributed by atoms with Crippen molar-refractivity contribution >= 4 is 11.9 Å². The third-order valence-electron chi connectivity index (χ3n) is 5.10. The minimum atomic E-state index is -0.870. The third-order valence-corrected chi connectivity index (χ3v) is 5.10. The summed E-state index contributed by atoms with van der Waals surface area (Å²) in [7, 11) is 0. The minimum Gasteiger partial charge on any atom is -0.481 e. The zero-order chi connectivity index (χ0) is 22.7. The van der Waals surface area contributed by atoms with Crippen molar-refractivity contribution in [3.05, 3.63) is 0 Å². The van der Waals surface area contributed by atoms with Crippen LogP contribution in [-0.4, -0.2) is 45.6 Å². The molecular formula is C24H48O6. The lowest BCUT2D eigenvalue weighted by atomic mass is 10.0. The van der Waals surface area contributed by atoms with Crippen LogP contribution in [0.2, 0.25) is 0 Å². The molecule has 0 aliphatic carbocycles. The summed E-state index contributed by atoms with van der Waals surface area (Å²) in [6.07, 6.45) is 21.9. The first-order valence-corrected chi connectivity index (χ1v) is 12.2. The number of carboxylic acids is 2. The average molecular weight is 433 g/mol. The van der Waals surface area contributed by atoms with Crippen LogP contribution in [0.4, 0.5) is 0 Å². The van der Waals surface area contributed by atoms with E-state index in [0.29, 0.717) is 26.1 Å². The first kappa shape index (κ1) is 31.0. The van der Waals surface area contributed by atoms with E-state index in [0.717, 1.165) is 12.8 Å². The van der Waals surface area contributed by atoms with Gasteiger partial charge in [-0.15, -0.1) is 0 Å². The molecule has 0 amide bonds. The van der Waals surface area contributed by atoms with Gasteiger partial charge in [-0.25, -0.2) is 0 Å². The average Bonchev–Trinajstić information content (AvgIpc) is 2.71. The smallest absolute Gasteiger partial charge is 0.303 e. The standard InChI is InChI=1S/C18H38O2.C6H10O4/c19-17-15-13-11-9-7-5-3-1-2-4-6-8-10-12-14-16-18-20;7-5(8)3-1-2-4-6(9)10/h19-20H,1-18H2;1-4H2,(H,7,8)(H,9,10). The van der Waals surface area contributed by atoms with E-state index in [-0.39, 0.29) is 12.8 Å². The molecule has 0 aromatic rings. The molecule has 0 heterocycles. The maximum Gasteiger partial charge on any atom is 0.303 e. The van der Waals surface area contributed by atoms with Crippen molar-refractivity contribution in [2.75, 3.05) is 13.2 Å². The van der Waals surface area contributed by atoms with Crippen LogP contribution in [-0.2, 0) is 9.59 Å². The normalized spacial score (nSPS) is 10.5. The van der Waals surface area contributed by atoms with Gasteiger partial charge < -0.3 is 20.4 Å². The van der Waals surface area contributed by atoms with Gasteiger partial charge in [-0.2, -0.15) is 0 Å². The summed E-state index contributed by atoms with van der Waals surface area (Å²) in [6, 6.07) is 0. The Hall–Kier alpha value is -1.14. The van der Waals surface area contributed by atoms with E-state index in [1.807, 2.05) is 0 Å². The Morgan fingerprint density at radius 3 is 0.733 bits per heavy atom. The molecule has 0 saturated carbocycles. The van der Waals surface area contributed by atoms with E-state index in [1.54, 1.807) is 0 Å². The maximum absolute atomic E-state index is 9.90. The molecule has 0 atom stereocenters. The predicted octanol–water partition coefficient (Wildman–Crippen LogP) is 5.93. The summed E-state index contributed by atoms with van der Waals surface area (Å²) in [6.45, 7) is 0.725. The van der Waals surface area contributed by atoms with E-state index >= 15 is 0 Å². The Labute approximate surface area is 184 Å². The first-order valence-electron chi connectivity index (χ1n) is 12.2. The lowest BCUT2D eigenvalue weighted by molar-refractivity contribution is -0.139. The quantitative estimate of drug-likeness (QED) is 0.158. The lowest BCUT2D eigenvalue weighted by Gasteiger charge is -2.03. The van der Waals surface area contributed by atoms with E-state index < -0.39 is 11.9 Å². The number of carboxylic acid groups (broad SMARTS) is 2. The molecule has 0 aromatic heterocycles. The number of aliphatic hydroxyl groups is 2. The Balaban J connectivity index is 0. The molecule has 6 heteroatoms. The summed E-state index contributed by atoms with van der Waals surface area (Å²) in [5, 5.41) is 33.6. The Morgan fingerprint density at radius 1 is 0.367 bits per heavy atom. The van der Waals surface area contributed by atoms with Crippen molar-refractivity contribution < 1.29 is 30.0 Å². The highest BCUT2D eigenvalue weighted by Gasteiger charge is 1.99. The van der Waals surface area contributed by atoms with Crippen LogP contribution in [0, 0.1) is 0 Å². The fourth-order valence-electron chi connectivity index (χ4n) is 3.25. The lowest BCUT2D eigenvalue weighted by Crippen LogP contribution is -1.97. The second kappa shape index (κ2) is 27.9. The topological polar surface area (TPSA) is 115 Å². The fraction of sp³-hybridized carbons (Fsp3) is 0.917. The highest BCUT2D eigenvalue weighted by molar-refractivity contribution is 5.67. The van der Waals surface area contributed by atoms with E-state index in [2.05, 4.69) is 0 Å². The highest BCUT2D eigenvalue weighted by atomic mass is 16.4. The van der Waals surface area contributed by atoms with Crippen molar-refractivity contribution in [1.82, 2.24) is 0 Å². The van der Waals surface area contributed by atoms with Gasteiger partial charge in [-0.1, -0.05) is 89.9 Å². The van der Waals surface area contributed by atoms with Crippen LogP contribution < -0.4 is 0 Å². The molecule has 6 nitrogen and oxygen atoms in total. The van der Waals surface area contributed by atoms with Crippen molar-refractivity contribution in [2.24, 2.45) is 0 Å². The van der Waals surface area contributed by atoms with Crippen LogP contribution in [0.15, 0.2) is 0 Å². The molecule has 0 radical (unpaired) electrons. The fourth-order valence-corrected chi connectivity index (χ4v) is 3.25. The molecule has 0 aromatic carbocycles.